The van der Waals surface area contributed by atoms with Gasteiger partial charge in [0.1, 0.15) is 5.82 Å². The van der Waals surface area contributed by atoms with Gasteiger partial charge < -0.3 is 10.1 Å². The Morgan fingerprint density at radius 3 is 2.33 bits per heavy atom. The Hall–Kier alpha value is -2.64. The third-order valence-corrected chi connectivity index (χ3v) is 3.15. The molecular weight excluding hydrogens is 364 g/mol. The molecule has 0 unspecified atom stereocenters. The van der Waals surface area contributed by atoms with Crippen LogP contribution in [-0.2, 0) is 20.7 Å². The maximum Gasteiger partial charge on any atom is 0.425 e. The van der Waals surface area contributed by atoms with Gasteiger partial charge in [-0.15, -0.1) is 12.6 Å². The molecule has 11 nitrogen and oxygen atoms in total. The van der Waals surface area contributed by atoms with Crippen molar-refractivity contribution in [3.8, 4) is 6.01 Å². The van der Waals surface area contributed by atoms with Crippen LogP contribution in [0.15, 0.2) is 29.2 Å². The number of nitrogens with one attached hydrogen (secondary N) is 1. The molecule has 2 rings (SSSR count). The molecular formula is C11H12N4O7S2. The zero-order valence-electron chi connectivity index (χ0n) is 12.4. The molecule has 0 fully saturated rings. The molecule has 0 aliphatic rings. The Kier molecular flexibility index (Phi) is 6.69. The molecule has 0 saturated heterocycles. The summed E-state index contributed by atoms with van der Waals surface area (Å²) in [5.41, 5.74) is 0.410. The summed E-state index contributed by atoms with van der Waals surface area (Å²) in [6, 6.07) is 5.78. The molecule has 0 aliphatic carbocycles. The highest BCUT2D eigenvalue weighted by Gasteiger charge is 2.10. The van der Waals surface area contributed by atoms with Crippen molar-refractivity contribution in [2.75, 3.05) is 12.4 Å². The van der Waals surface area contributed by atoms with Crippen molar-refractivity contribution < 1.29 is 30.3 Å². The lowest BCUT2D eigenvalue weighted by atomic mass is 10.3. The fourth-order valence-electron chi connectivity index (χ4n) is 1.47. The third kappa shape index (κ3) is 6.64. The first kappa shape index (κ1) is 19.4. The molecule has 0 spiro atoms. The van der Waals surface area contributed by atoms with Crippen LogP contribution in [-0.4, -0.2) is 47.7 Å². The Bertz CT molecular complexity index is 923. The molecule has 0 aliphatic heterocycles. The highest BCUT2D eigenvalue weighted by atomic mass is 32.2. The number of hydrogen-bond donors (Lipinski definition) is 2. The van der Waals surface area contributed by atoms with E-state index < -0.39 is 20.7 Å². The fourth-order valence-corrected chi connectivity index (χ4v) is 1.99. The van der Waals surface area contributed by atoms with E-state index in [9.17, 15) is 8.42 Å². The second-order valence-electron chi connectivity index (χ2n) is 4.02. The van der Waals surface area contributed by atoms with Gasteiger partial charge in [-0.2, -0.15) is 23.4 Å². The summed E-state index contributed by atoms with van der Waals surface area (Å²) in [5, 5.41) is 2.81. The topological polar surface area (TPSA) is 166 Å². The lowest BCUT2D eigenvalue weighted by Crippen LogP contribution is -2.04. The molecule has 130 valence electrons. The summed E-state index contributed by atoms with van der Waals surface area (Å²) in [6.07, 6.45) is 0. The van der Waals surface area contributed by atoms with Crippen LogP contribution in [0.1, 0.15) is 5.82 Å². The predicted molar refractivity (Wildman–Crippen MR) is 80.4 cm³/mol. The first-order chi connectivity index (χ1) is 11.1. The van der Waals surface area contributed by atoms with Crippen LogP contribution >= 0.6 is 0 Å². The van der Waals surface area contributed by atoms with E-state index in [1.54, 1.807) is 13.0 Å². The van der Waals surface area contributed by atoms with Gasteiger partial charge in [0.2, 0.25) is 5.95 Å². The second kappa shape index (κ2) is 8.28. The zero-order chi connectivity index (χ0) is 18.3. The molecule has 1 aromatic heterocycles. The Labute approximate surface area is 138 Å². The van der Waals surface area contributed by atoms with E-state index in [1.807, 2.05) is 0 Å². The molecule has 13 heteroatoms. The van der Waals surface area contributed by atoms with E-state index in [0.29, 0.717) is 11.5 Å². The van der Waals surface area contributed by atoms with Gasteiger partial charge in [0, 0.05) is 5.69 Å². The highest BCUT2D eigenvalue weighted by molar-refractivity contribution is 7.85. The minimum atomic E-state index is -4.26. The van der Waals surface area contributed by atoms with E-state index in [4.69, 9.17) is 21.9 Å². The quantitative estimate of drug-likeness (QED) is 0.698. The number of aryl methyl sites for hydroxylation is 1. The molecule has 24 heavy (non-hydrogen) atoms. The molecule has 2 N–H and O–H groups in total. The molecule has 0 bridgehead atoms. The first-order valence-electron chi connectivity index (χ1n) is 6.00. The highest BCUT2D eigenvalue weighted by Crippen LogP contribution is 2.18. The van der Waals surface area contributed by atoms with Crippen LogP contribution in [0.5, 0.6) is 6.01 Å². The van der Waals surface area contributed by atoms with Crippen molar-refractivity contribution in [3.63, 3.8) is 0 Å². The van der Waals surface area contributed by atoms with Gasteiger partial charge in [-0.3, -0.25) is 4.55 Å². The minimum Gasteiger partial charge on any atom is -0.467 e. The van der Waals surface area contributed by atoms with E-state index >= 15 is 0 Å². The van der Waals surface area contributed by atoms with Crippen LogP contribution in [0.25, 0.3) is 0 Å². The van der Waals surface area contributed by atoms with Crippen molar-refractivity contribution in [1.82, 2.24) is 15.0 Å². The molecule has 1 heterocycles. The zero-order valence-corrected chi connectivity index (χ0v) is 14.0. The largest absolute Gasteiger partial charge is 0.467 e. The standard InChI is InChI=1S/C11H12N4O4S.O3S/c1-7-12-10(15-11(13-7)19-2)14-8-4-3-5-9(6-8)20(16,17)18;1-4(2)3/h3-6H,1-2H3,(H,16,17,18)(H,12,13,14,15);. The van der Waals surface area contributed by atoms with Gasteiger partial charge in [-0.05, 0) is 25.1 Å². The number of ether oxygens (including phenoxy) is 1. The van der Waals surface area contributed by atoms with Gasteiger partial charge >= 0.3 is 16.6 Å². The van der Waals surface area contributed by atoms with Crippen LogP contribution < -0.4 is 10.1 Å². The number of aromatic nitrogens is 3. The van der Waals surface area contributed by atoms with Gasteiger partial charge in [-0.1, -0.05) is 6.07 Å². The molecule has 0 radical (unpaired) electrons. The van der Waals surface area contributed by atoms with Crippen LogP contribution in [0.2, 0.25) is 0 Å². The summed E-state index contributed by atoms with van der Waals surface area (Å²) in [4.78, 5) is 11.7. The van der Waals surface area contributed by atoms with Crippen LogP contribution in [0, 0.1) is 6.92 Å². The molecule has 1 aromatic carbocycles. The number of benzene rings is 1. The number of anilines is 2. The maximum absolute atomic E-state index is 11.1. The van der Waals surface area contributed by atoms with Gasteiger partial charge in [0.25, 0.3) is 10.1 Å². The second-order valence-corrected chi connectivity index (χ2v) is 5.85. The summed E-state index contributed by atoms with van der Waals surface area (Å²) in [6.45, 7) is 1.67. The summed E-state index contributed by atoms with van der Waals surface area (Å²) < 4.78 is 61.4. The normalized spacial score (nSPS) is 10.3. The van der Waals surface area contributed by atoms with Crippen molar-refractivity contribution in [3.05, 3.63) is 30.1 Å². The lowest BCUT2D eigenvalue weighted by molar-refractivity contribution is 0.377. The Morgan fingerprint density at radius 1 is 1.17 bits per heavy atom. The number of rotatable bonds is 4. The van der Waals surface area contributed by atoms with Crippen LogP contribution in [0.4, 0.5) is 11.6 Å². The maximum atomic E-state index is 11.1. The number of methoxy groups -OCH3 is 1. The predicted octanol–water partition coefficient (Wildman–Crippen LogP) is 0.175. The Balaban J connectivity index is 0.000000648. The third-order valence-electron chi connectivity index (χ3n) is 2.30. The molecule has 0 atom stereocenters. The molecule has 0 amide bonds. The minimum absolute atomic E-state index is 0.144. The monoisotopic (exact) mass is 376 g/mol. The van der Waals surface area contributed by atoms with Crippen LogP contribution in [0.3, 0.4) is 0 Å². The summed E-state index contributed by atoms with van der Waals surface area (Å²) in [7, 11) is -5.94. The van der Waals surface area contributed by atoms with E-state index in [2.05, 4.69) is 20.3 Å². The summed E-state index contributed by atoms with van der Waals surface area (Å²) >= 11 is 0. The van der Waals surface area contributed by atoms with Crippen molar-refractivity contribution in [2.45, 2.75) is 11.8 Å². The first-order valence-corrected chi connectivity index (χ1v) is 8.44. The fraction of sp³-hybridized carbons (Fsp3) is 0.182. The molecule has 2 aromatic rings. The SMILES string of the molecule is COc1nc(C)nc(Nc2cccc(S(=O)(=O)O)c2)n1.O=S(=O)=O. The summed E-state index contributed by atoms with van der Waals surface area (Å²) in [5.74, 6) is 0.659. The van der Waals surface area contributed by atoms with E-state index in [0.717, 1.165) is 0 Å². The lowest BCUT2D eigenvalue weighted by Gasteiger charge is -2.07. The van der Waals surface area contributed by atoms with Crippen molar-refractivity contribution in [1.29, 1.82) is 0 Å². The van der Waals surface area contributed by atoms with Crippen molar-refractivity contribution >= 4 is 32.4 Å². The average Bonchev–Trinajstić information content (AvgIpc) is 2.45. The van der Waals surface area contributed by atoms with E-state index in [-0.39, 0.29) is 16.9 Å². The molecule has 0 saturated carbocycles. The van der Waals surface area contributed by atoms with Gasteiger partial charge in [-0.25, -0.2) is 0 Å². The number of hydrogen-bond acceptors (Lipinski definition) is 10. The number of nitrogens with zero attached hydrogens (tertiary/aromatic N) is 3. The van der Waals surface area contributed by atoms with E-state index in [1.165, 1.54) is 25.3 Å². The smallest absolute Gasteiger partial charge is 0.425 e. The average molecular weight is 376 g/mol. The van der Waals surface area contributed by atoms with Gasteiger partial charge in [0.15, 0.2) is 0 Å². The Morgan fingerprint density at radius 2 is 1.79 bits per heavy atom. The van der Waals surface area contributed by atoms with Crippen molar-refractivity contribution in [2.24, 2.45) is 0 Å². The van der Waals surface area contributed by atoms with Gasteiger partial charge in [0.05, 0.1) is 12.0 Å².